The molecule has 0 aliphatic rings. The Balaban J connectivity index is 2.47. The van der Waals surface area contributed by atoms with Crippen molar-refractivity contribution in [1.82, 2.24) is 0 Å². The highest BCUT2D eigenvalue weighted by atomic mass is 32.2. The van der Waals surface area contributed by atoms with Crippen molar-refractivity contribution in [1.29, 1.82) is 0 Å². The number of amides is 1. The first-order valence-corrected chi connectivity index (χ1v) is 6.34. The number of hydrogen-bond acceptors (Lipinski definition) is 2. The van der Waals surface area contributed by atoms with Gasteiger partial charge in [0.15, 0.2) is 0 Å². The van der Waals surface area contributed by atoms with Crippen LogP contribution in [0.2, 0.25) is 0 Å². The van der Waals surface area contributed by atoms with Crippen LogP contribution in [0.3, 0.4) is 0 Å². The second-order valence-corrected chi connectivity index (χ2v) is 4.62. The summed E-state index contributed by atoms with van der Waals surface area (Å²) in [5.74, 6) is -2.46. The van der Waals surface area contributed by atoms with E-state index in [1.165, 1.54) is 0 Å². The van der Waals surface area contributed by atoms with Gasteiger partial charge in [0, 0.05) is 17.0 Å². The van der Waals surface area contributed by atoms with E-state index in [1.807, 2.05) is 6.92 Å². The fraction of sp³-hybridized carbons (Fsp3) is 0.417. The van der Waals surface area contributed by atoms with Crippen molar-refractivity contribution in [2.24, 2.45) is 0 Å². The van der Waals surface area contributed by atoms with E-state index in [0.29, 0.717) is 28.8 Å². The Hall–Kier alpha value is -1.10. The predicted octanol–water partition coefficient (Wildman–Crippen LogP) is 4.13. The number of thioether (sulfide) groups is 1. The lowest BCUT2D eigenvalue weighted by Crippen LogP contribution is -2.10. The van der Waals surface area contributed by atoms with Crippen molar-refractivity contribution in [3.8, 4) is 0 Å². The molecule has 1 aromatic rings. The minimum Gasteiger partial charge on any atom is -0.326 e. The Bertz CT molecular complexity index is 354. The molecule has 1 N–H and O–H groups in total. The van der Waals surface area contributed by atoms with Crippen molar-refractivity contribution in [3.63, 3.8) is 0 Å². The molecule has 0 fully saturated rings. The average molecular weight is 259 g/mol. The number of halogens is 2. The molecular weight excluding hydrogens is 244 g/mol. The molecule has 0 saturated carbocycles. The fourth-order valence-corrected chi connectivity index (χ4v) is 1.78. The van der Waals surface area contributed by atoms with Gasteiger partial charge in [0.2, 0.25) is 5.91 Å². The van der Waals surface area contributed by atoms with Gasteiger partial charge in [-0.1, -0.05) is 25.1 Å². The summed E-state index contributed by atoms with van der Waals surface area (Å²) in [5.41, 5.74) is 0.643. The molecule has 94 valence electrons. The van der Waals surface area contributed by atoms with Crippen molar-refractivity contribution >= 4 is 23.4 Å². The largest absolute Gasteiger partial charge is 0.326 e. The molecule has 0 bridgehead atoms. The van der Waals surface area contributed by atoms with Crippen LogP contribution >= 0.6 is 11.8 Å². The summed E-state index contributed by atoms with van der Waals surface area (Å²) in [5, 5.41) is 2.72. The number of benzene rings is 1. The van der Waals surface area contributed by atoms with E-state index in [4.69, 9.17) is 0 Å². The summed E-state index contributed by atoms with van der Waals surface area (Å²) in [6, 6.07) is 6.42. The summed E-state index contributed by atoms with van der Waals surface area (Å²) in [7, 11) is 0. The minimum atomic E-state index is -2.42. The lowest BCUT2D eigenvalue weighted by Gasteiger charge is -2.05. The number of hydrogen-bond donors (Lipinski definition) is 1. The van der Waals surface area contributed by atoms with Gasteiger partial charge in [-0.2, -0.15) is 8.78 Å². The van der Waals surface area contributed by atoms with Crippen LogP contribution in [0.1, 0.15) is 26.2 Å². The number of anilines is 1. The molecule has 5 heteroatoms. The van der Waals surface area contributed by atoms with Gasteiger partial charge in [0.05, 0.1) is 0 Å². The second kappa shape index (κ2) is 7.27. The molecule has 0 aromatic heterocycles. The van der Waals surface area contributed by atoms with Crippen LogP contribution in [0.25, 0.3) is 0 Å². The third-order valence-electron chi connectivity index (χ3n) is 2.12. The standard InChI is InChI=1S/C12H15F2NOS/c1-2-3-4-11(16)15-9-5-7-10(8-6-9)17-12(13)14/h5-8,12H,2-4H2,1H3,(H,15,16). The van der Waals surface area contributed by atoms with Crippen LogP contribution < -0.4 is 5.32 Å². The van der Waals surface area contributed by atoms with Crippen molar-refractivity contribution in [3.05, 3.63) is 24.3 Å². The van der Waals surface area contributed by atoms with Crippen LogP contribution in [0.4, 0.5) is 14.5 Å². The Morgan fingerprint density at radius 3 is 2.53 bits per heavy atom. The Morgan fingerprint density at radius 1 is 1.35 bits per heavy atom. The van der Waals surface area contributed by atoms with Gasteiger partial charge in [-0.15, -0.1) is 0 Å². The van der Waals surface area contributed by atoms with E-state index < -0.39 is 5.76 Å². The number of carbonyl (C=O) groups excluding carboxylic acids is 1. The van der Waals surface area contributed by atoms with E-state index in [9.17, 15) is 13.6 Å². The molecule has 1 aromatic carbocycles. The topological polar surface area (TPSA) is 29.1 Å². The summed E-state index contributed by atoms with van der Waals surface area (Å²) < 4.78 is 24.1. The molecule has 0 heterocycles. The Labute approximate surface area is 104 Å². The quantitative estimate of drug-likeness (QED) is 0.778. The lowest BCUT2D eigenvalue weighted by atomic mass is 10.2. The third-order valence-corrected chi connectivity index (χ3v) is 2.84. The number of rotatable bonds is 6. The van der Waals surface area contributed by atoms with Gasteiger partial charge in [0.1, 0.15) is 0 Å². The molecule has 0 unspecified atom stereocenters. The van der Waals surface area contributed by atoms with E-state index in [0.717, 1.165) is 12.8 Å². The molecular formula is C12H15F2NOS. The summed E-state index contributed by atoms with van der Waals surface area (Å²) in [6.45, 7) is 2.02. The zero-order chi connectivity index (χ0) is 12.7. The highest BCUT2D eigenvalue weighted by Gasteiger charge is 2.05. The first-order chi connectivity index (χ1) is 8.11. The highest BCUT2D eigenvalue weighted by Crippen LogP contribution is 2.26. The lowest BCUT2D eigenvalue weighted by molar-refractivity contribution is -0.116. The van der Waals surface area contributed by atoms with E-state index in [1.54, 1.807) is 24.3 Å². The maximum absolute atomic E-state index is 12.1. The van der Waals surface area contributed by atoms with E-state index >= 15 is 0 Å². The molecule has 1 amide bonds. The van der Waals surface area contributed by atoms with Gasteiger partial charge >= 0.3 is 0 Å². The van der Waals surface area contributed by atoms with Crippen LogP contribution in [-0.4, -0.2) is 11.7 Å². The minimum absolute atomic E-state index is 0.0406. The molecule has 0 aliphatic heterocycles. The summed E-state index contributed by atoms with van der Waals surface area (Å²) >= 11 is 0.494. The number of unbranched alkanes of at least 4 members (excludes halogenated alkanes) is 1. The van der Waals surface area contributed by atoms with Crippen molar-refractivity contribution in [2.45, 2.75) is 36.8 Å². The van der Waals surface area contributed by atoms with Crippen LogP contribution in [0, 0.1) is 0 Å². The first kappa shape index (κ1) is 14.0. The fourth-order valence-electron chi connectivity index (χ4n) is 1.28. The molecule has 0 saturated heterocycles. The van der Waals surface area contributed by atoms with Crippen LogP contribution in [0.15, 0.2) is 29.2 Å². The molecule has 0 atom stereocenters. The number of alkyl halides is 2. The monoisotopic (exact) mass is 259 g/mol. The maximum atomic E-state index is 12.1. The zero-order valence-electron chi connectivity index (χ0n) is 9.58. The smallest absolute Gasteiger partial charge is 0.288 e. The Kier molecular flexibility index (Phi) is 5.97. The number of carbonyl (C=O) groups is 1. The number of nitrogens with one attached hydrogen (secondary N) is 1. The molecule has 0 aliphatic carbocycles. The molecule has 0 radical (unpaired) electrons. The molecule has 2 nitrogen and oxygen atoms in total. The summed E-state index contributed by atoms with van der Waals surface area (Å²) in [6.07, 6.45) is 2.31. The maximum Gasteiger partial charge on any atom is 0.288 e. The van der Waals surface area contributed by atoms with Gasteiger partial charge in [-0.3, -0.25) is 4.79 Å². The van der Waals surface area contributed by atoms with Gasteiger partial charge < -0.3 is 5.32 Å². The van der Waals surface area contributed by atoms with Crippen LogP contribution in [0.5, 0.6) is 0 Å². The van der Waals surface area contributed by atoms with E-state index in [-0.39, 0.29) is 5.91 Å². The normalized spacial score (nSPS) is 10.6. The van der Waals surface area contributed by atoms with Crippen molar-refractivity contribution in [2.75, 3.05) is 5.32 Å². The van der Waals surface area contributed by atoms with Crippen molar-refractivity contribution < 1.29 is 13.6 Å². The molecule has 1 rings (SSSR count). The summed E-state index contributed by atoms with van der Waals surface area (Å²) in [4.78, 5) is 11.9. The van der Waals surface area contributed by atoms with Crippen LogP contribution in [-0.2, 0) is 4.79 Å². The predicted molar refractivity (Wildman–Crippen MR) is 66.5 cm³/mol. The Morgan fingerprint density at radius 2 is 2.00 bits per heavy atom. The first-order valence-electron chi connectivity index (χ1n) is 5.46. The average Bonchev–Trinajstić information content (AvgIpc) is 2.28. The van der Waals surface area contributed by atoms with E-state index in [2.05, 4.69) is 5.32 Å². The molecule has 17 heavy (non-hydrogen) atoms. The van der Waals surface area contributed by atoms with Gasteiger partial charge in [-0.25, -0.2) is 0 Å². The SMILES string of the molecule is CCCCC(=O)Nc1ccc(SC(F)F)cc1. The third kappa shape index (κ3) is 5.68. The van der Waals surface area contributed by atoms with Gasteiger partial charge in [0.25, 0.3) is 5.76 Å². The second-order valence-electron chi connectivity index (χ2n) is 3.55. The zero-order valence-corrected chi connectivity index (χ0v) is 10.4. The van der Waals surface area contributed by atoms with Gasteiger partial charge in [-0.05, 0) is 30.7 Å². The molecule has 0 spiro atoms. The highest BCUT2D eigenvalue weighted by molar-refractivity contribution is 7.99.